The molecule has 3 aliphatic carbocycles. The molecule has 0 aromatic carbocycles. The number of ketones is 1. The van der Waals surface area contributed by atoms with Gasteiger partial charge in [0.2, 0.25) is 0 Å². The maximum Gasteiger partial charge on any atom is 0.163 e. The molecule has 0 heterocycles. The number of allylic oxidation sites excluding steroid dienone is 6. The zero-order chi connectivity index (χ0) is 16.4. The first-order valence-electron chi connectivity index (χ1n) is 8.66. The summed E-state index contributed by atoms with van der Waals surface area (Å²) in [5.74, 6) is 0.739. The summed E-state index contributed by atoms with van der Waals surface area (Å²) in [4.78, 5) is 13.2. The highest BCUT2D eigenvalue weighted by Crippen LogP contribution is 2.67. The van der Waals surface area contributed by atoms with Gasteiger partial charge in [0.05, 0.1) is 8.07 Å². The minimum Gasteiger partial charge on any atom is -0.294 e. The predicted octanol–water partition coefficient (Wildman–Crippen LogP) is 5.82. The third-order valence-corrected chi connectivity index (χ3v) is 10.3. The van der Waals surface area contributed by atoms with Crippen LogP contribution < -0.4 is 0 Å². The van der Waals surface area contributed by atoms with Gasteiger partial charge in [-0.3, -0.25) is 4.79 Å². The molecule has 22 heavy (non-hydrogen) atoms. The second-order valence-corrected chi connectivity index (χ2v) is 14.3. The first-order valence-corrected chi connectivity index (χ1v) is 12.2. The second kappa shape index (κ2) is 4.80. The van der Waals surface area contributed by atoms with E-state index in [1.165, 1.54) is 22.3 Å². The zero-order valence-electron chi connectivity index (χ0n) is 15.3. The fraction of sp³-hybridized carbons (Fsp3) is 0.650. The minimum atomic E-state index is -1.52. The van der Waals surface area contributed by atoms with Gasteiger partial charge in [-0.25, -0.2) is 0 Å². The summed E-state index contributed by atoms with van der Waals surface area (Å²) >= 11 is 0. The molecule has 2 atom stereocenters. The Bertz CT molecular complexity index is 654. The molecule has 0 saturated heterocycles. The lowest BCUT2D eigenvalue weighted by Crippen LogP contribution is -2.47. The Labute approximate surface area is 136 Å². The van der Waals surface area contributed by atoms with Gasteiger partial charge in [-0.2, -0.15) is 0 Å². The largest absolute Gasteiger partial charge is 0.294 e. The topological polar surface area (TPSA) is 17.1 Å². The molecular weight excluding hydrogens is 284 g/mol. The maximum atomic E-state index is 13.2. The molecule has 0 unspecified atom stereocenters. The van der Waals surface area contributed by atoms with Gasteiger partial charge in [0, 0.05) is 11.0 Å². The van der Waals surface area contributed by atoms with Crippen LogP contribution in [-0.2, 0) is 4.79 Å². The first-order chi connectivity index (χ1) is 10.1. The summed E-state index contributed by atoms with van der Waals surface area (Å²) < 4.78 is 0. The van der Waals surface area contributed by atoms with Crippen LogP contribution in [0.5, 0.6) is 0 Å². The molecule has 0 aromatic rings. The maximum absolute atomic E-state index is 13.2. The predicted molar refractivity (Wildman–Crippen MR) is 96.8 cm³/mol. The highest BCUT2D eigenvalue weighted by molar-refractivity contribution is 6.80. The van der Waals surface area contributed by atoms with Crippen LogP contribution in [0.2, 0.25) is 24.7 Å². The Kier molecular flexibility index (Phi) is 3.49. The van der Waals surface area contributed by atoms with E-state index in [0.717, 1.165) is 25.7 Å². The Balaban J connectivity index is 2.20. The molecule has 0 aromatic heterocycles. The minimum absolute atomic E-state index is 0.185. The van der Waals surface area contributed by atoms with Gasteiger partial charge < -0.3 is 0 Å². The fourth-order valence-electron chi connectivity index (χ4n) is 5.14. The van der Waals surface area contributed by atoms with E-state index in [9.17, 15) is 4.79 Å². The van der Waals surface area contributed by atoms with Crippen LogP contribution in [0.4, 0.5) is 0 Å². The van der Waals surface area contributed by atoms with Crippen molar-refractivity contribution in [2.75, 3.05) is 0 Å². The van der Waals surface area contributed by atoms with Crippen molar-refractivity contribution < 1.29 is 4.79 Å². The van der Waals surface area contributed by atoms with Gasteiger partial charge in [0.15, 0.2) is 5.78 Å². The lowest BCUT2D eigenvalue weighted by Gasteiger charge is -2.50. The Morgan fingerprint density at radius 1 is 0.909 bits per heavy atom. The SMILES string of the molecule is CC1=C(C)CC2=C(C1)C(=O)[C@@H]1CC(C)=C(C)C[C@]21[Si](C)(C)C. The van der Waals surface area contributed by atoms with E-state index < -0.39 is 8.07 Å². The number of carbonyl (C=O) groups is 1. The number of Topliss-reactive ketones (excluding diaryl/α,β-unsaturated/α-hetero) is 1. The highest BCUT2D eigenvalue weighted by atomic mass is 28.3. The molecule has 3 rings (SSSR count). The van der Waals surface area contributed by atoms with Crippen LogP contribution in [0.15, 0.2) is 33.4 Å². The van der Waals surface area contributed by atoms with E-state index >= 15 is 0 Å². The number of fused-ring (bicyclic) bond motifs is 2. The van der Waals surface area contributed by atoms with Crippen molar-refractivity contribution in [2.45, 2.75) is 78.1 Å². The average Bonchev–Trinajstić information content (AvgIpc) is 2.62. The number of hydrogen-bond acceptors (Lipinski definition) is 1. The van der Waals surface area contributed by atoms with Crippen LogP contribution in [-0.4, -0.2) is 13.9 Å². The molecule has 0 fully saturated rings. The average molecular weight is 315 g/mol. The summed E-state index contributed by atoms with van der Waals surface area (Å²) in [5, 5.41) is 0.185. The Hall–Kier alpha value is -0.893. The molecule has 0 spiro atoms. The number of rotatable bonds is 1. The fourth-order valence-corrected chi connectivity index (χ4v) is 8.36. The van der Waals surface area contributed by atoms with Crippen LogP contribution in [0.1, 0.15) is 53.4 Å². The van der Waals surface area contributed by atoms with E-state index in [4.69, 9.17) is 0 Å². The number of hydrogen-bond donors (Lipinski definition) is 0. The lowest BCUT2D eigenvalue weighted by atomic mass is 9.73. The molecule has 0 saturated carbocycles. The molecule has 2 heteroatoms. The third kappa shape index (κ3) is 1.92. The molecule has 0 N–H and O–H groups in total. The van der Waals surface area contributed by atoms with E-state index in [2.05, 4.69) is 47.3 Å². The van der Waals surface area contributed by atoms with E-state index in [1.54, 1.807) is 11.1 Å². The molecule has 0 amide bonds. The smallest absolute Gasteiger partial charge is 0.163 e. The van der Waals surface area contributed by atoms with Crippen LogP contribution >= 0.6 is 0 Å². The zero-order valence-corrected chi connectivity index (χ0v) is 16.3. The summed E-state index contributed by atoms with van der Waals surface area (Å²) in [6.45, 7) is 16.5. The van der Waals surface area contributed by atoms with E-state index in [0.29, 0.717) is 5.78 Å². The van der Waals surface area contributed by atoms with Crippen molar-refractivity contribution in [1.29, 1.82) is 0 Å². The molecule has 3 aliphatic rings. The molecule has 0 bridgehead atoms. The van der Waals surface area contributed by atoms with Crippen molar-refractivity contribution in [3.63, 3.8) is 0 Å². The molecule has 1 nitrogen and oxygen atoms in total. The standard InChI is InChI=1S/C20H30OSi/c1-12-8-16-17(9-13(12)2)20(22(5,6)7)11-15(4)14(3)10-18(20)19(16)21/h18H,8-11H2,1-7H3/t18-,20-/m0/s1. The van der Waals surface area contributed by atoms with Gasteiger partial charge in [-0.1, -0.05) is 47.5 Å². The quantitative estimate of drug-likeness (QED) is 0.440. The first kappa shape index (κ1) is 16.0. The van der Waals surface area contributed by atoms with Crippen molar-refractivity contribution in [3.8, 4) is 0 Å². The molecule has 0 aliphatic heterocycles. The van der Waals surface area contributed by atoms with Crippen molar-refractivity contribution in [3.05, 3.63) is 33.4 Å². The van der Waals surface area contributed by atoms with Gasteiger partial charge in [0.1, 0.15) is 0 Å². The monoisotopic (exact) mass is 314 g/mol. The van der Waals surface area contributed by atoms with E-state index in [-0.39, 0.29) is 11.0 Å². The highest BCUT2D eigenvalue weighted by Gasteiger charge is 2.60. The normalized spacial score (nSPS) is 32.7. The third-order valence-electron chi connectivity index (χ3n) is 6.85. The Morgan fingerprint density at radius 3 is 2.09 bits per heavy atom. The van der Waals surface area contributed by atoms with Crippen molar-refractivity contribution in [1.82, 2.24) is 0 Å². The second-order valence-electron chi connectivity index (χ2n) is 8.95. The van der Waals surface area contributed by atoms with Crippen LogP contribution in [0.3, 0.4) is 0 Å². The van der Waals surface area contributed by atoms with Gasteiger partial charge in [-0.05, 0) is 59.0 Å². The molecule has 120 valence electrons. The molecule has 0 radical (unpaired) electrons. The van der Waals surface area contributed by atoms with Gasteiger partial charge in [0.25, 0.3) is 0 Å². The summed E-state index contributed by atoms with van der Waals surface area (Å²) in [6.07, 6.45) is 4.11. The van der Waals surface area contributed by atoms with Gasteiger partial charge >= 0.3 is 0 Å². The summed E-state index contributed by atoms with van der Waals surface area (Å²) in [6, 6.07) is 0. The van der Waals surface area contributed by atoms with Crippen molar-refractivity contribution in [2.24, 2.45) is 5.92 Å². The summed E-state index contributed by atoms with van der Waals surface area (Å²) in [7, 11) is -1.52. The van der Waals surface area contributed by atoms with Gasteiger partial charge in [-0.15, -0.1) is 0 Å². The van der Waals surface area contributed by atoms with Crippen LogP contribution in [0.25, 0.3) is 0 Å². The lowest BCUT2D eigenvalue weighted by molar-refractivity contribution is -0.119. The van der Waals surface area contributed by atoms with Crippen LogP contribution in [0, 0.1) is 5.92 Å². The van der Waals surface area contributed by atoms with Crippen molar-refractivity contribution >= 4 is 13.9 Å². The molecular formula is C20H30OSi. The van der Waals surface area contributed by atoms with E-state index in [1.807, 2.05) is 0 Å². The Morgan fingerprint density at radius 2 is 1.50 bits per heavy atom. The number of carbonyl (C=O) groups excluding carboxylic acids is 1. The summed E-state index contributed by atoms with van der Waals surface area (Å²) in [5.41, 5.74) is 8.71.